The standard InChI is InChI=1S/C18H20N6O3/c1-18(2,3)27-15(25)10-24-13-5-4-11(22-14-9-20-6-7-21-14)8-12(13)16(23-24)17(19)26/h4-9H,10H2,1-3H3,(H2,19,26)(H,21,22). The van der Waals surface area contributed by atoms with Crippen LogP contribution in [0.25, 0.3) is 10.9 Å². The van der Waals surface area contributed by atoms with E-state index >= 15 is 0 Å². The molecule has 0 aliphatic heterocycles. The Labute approximate surface area is 155 Å². The minimum absolute atomic E-state index is 0.0800. The van der Waals surface area contributed by atoms with Crippen molar-refractivity contribution in [1.29, 1.82) is 0 Å². The molecule has 3 N–H and O–H groups in total. The number of nitrogens with zero attached hydrogens (tertiary/aromatic N) is 4. The maximum Gasteiger partial charge on any atom is 0.328 e. The highest BCUT2D eigenvalue weighted by molar-refractivity contribution is 6.05. The topological polar surface area (TPSA) is 125 Å². The van der Waals surface area contributed by atoms with Crippen molar-refractivity contribution in [3.05, 3.63) is 42.5 Å². The molecule has 0 saturated carbocycles. The Hall–Kier alpha value is -3.49. The summed E-state index contributed by atoms with van der Waals surface area (Å²) in [7, 11) is 0. The summed E-state index contributed by atoms with van der Waals surface area (Å²) in [6, 6.07) is 5.26. The van der Waals surface area contributed by atoms with Crippen molar-refractivity contribution in [2.45, 2.75) is 32.9 Å². The molecule has 0 aliphatic carbocycles. The summed E-state index contributed by atoms with van der Waals surface area (Å²) in [6.07, 6.45) is 4.71. The van der Waals surface area contributed by atoms with Crippen LogP contribution in [0.2, 0.25) is 0 Å². The molecule has 0 unspecified atom stereocenters. The number of aromatic nitrogens is 4. The summed E-state index contributed by atoms with van der Waals surface area (Å²) in [5, 5.41) is 7.81. The third kappa shape index (κ3) is 4.38. The van der Waals surface area contributed by atoms with Crippen LogP contribution < -0.4 is 11.1 Å². The Morgan fingerprint density at radius 1 is 1.26 bits per heavy atom. The van der Waals surface area contributed by atoms with Crippen molar-refractivity contribution >= 4 is 34.3 Å². The molecular formula is C18H20N6O3. The van der Waals surface area contributed by atoms with Gasteiger partial charge < -0.3 is 15.8 Å². The number of nitrogens with one attached hydrogen (secondary N) is 1. The lowest BCUT2D eigenvalue weighted by atomic mass is 10.2. The summed E-state index contributed by atoms with van der Waals surface area (Å²) < 4.78 is 6.73. The Kier molecular flexibility index (Phi) is 4.76. The van der Waals surface area contributed by atoms with Crippen molar-refractivity contribution in [3.8, 4) is 0 Å². The van der Waals surface area contributed by atoms with Crippen molar-refractivity contribution in [3.63, 3.8) is 0 Å². The van der Waals surface area contributed by atoms with Gasteiger partial charge in [0.1, 0.15) is 18.0 Å². The number of anilines is 2. The van der Waals surface area contributed by atoms with Gasteiger partial charge in [-0.25, -0.2) is 4.98 Å². The molecule has 0 spiro atoms. The van der Waals surface area contributed by atoms with Crippen LogP contribution in [-0.2, 0) is 16.1 Å². The van der Waals surface area contributed by atoms with Crippen molar-refractivity contribution in [2.75, 3.05) is 5.32 Å². The number of carbonyl (C=O) groups is 2. The van der Waals surface area contributed by atoms with Crippen LogP contribution in [0.15, 0.2) is 36.8 Å². The third-order valence-electron chi connectivity index (χ3n) is 3.52. The summed E-state index contributed by atoms with van der Waals surface area (Å²) in [4.78, 5) is 32.1. The number of carbonyl (C=O) groups excluding carboxylic acids is 2. The van der Waals surface area contributed by atoms with Crippen LogP contribution >= 0.6 is 0 Å². The Morgan fingerprint density at radius 2 is 2.04 bits per heavy atom. The smallest absolute Gasteiger partial charge is 0.328 e. The van der Waals surface area contributed by atoms with Crippen LogP contribution in [0.4, 0.5) is 11.5 Å². The van der Waals surface area contributed by atoms with Crippen molar-refractivity contribution in [2.24, 2.45) is 5.73 Å². The molecular weight excluding hydrogens is 348 g/mol. The highest BCUT2D eigenvalue weighted by Crippen LogP contribution is 2.24. The third-order valence-corrected chi connectivity index (χ3v) is 3.52. The zero-order valence-corrected chi connectivity index (χ0v) is 15.3. The second-order valence-electron chi connectivity index (χ2n) is 6.90. The first-order chi connectivity index (χ1) is 12.7. The zero-order valence-electron chi connectivity index (χ0n) is 15.3. The molecule has 0 atom stereocenters. The molecule has 1 amide bonds. The summed E-state index contributed by atoms with van der Waals surface area (Å²) in [6.45, 7) is 5.22. The van der Waals surface area contributed by atoms with Gasteiger partial charge in [0.15, 0.2) is 5.69 Å². The second-order valence-corrected chi connectivity index (χ2v) is 6.90. The molecule has 0 bridgehead atoms. The van der Waals surface area contributed by atoms with Gasteiger partial charge >= 0.3 is 5.97 Å². The van der Waals surface area contributed by atoms with Gasteiger partial charge in [-0.15, -0.1) is 0 Å². The van der Waals surface area contributed by atoms with E-state index in [-0.39, 0.29) is 12.2 Å². The number of hydrogen-bond donors (Lipinski definition) is 2. The van der Waals surface area contributed by atoms with Crippen LogP contribution in [-0.4, -0.2) is 37.2 Å². The van der Waals surface area contributed by atoms with Crippen LogP contribution in [0, 0.1) is 0 Å². The maximum atomic E-state index is 12.1. The fourth-order valence-electron chi connectivity index (χ4n) is 2.57. The van der Waals surface area contributed by atoms with E-state index in [0.717, 1.165) is 0 Å². The lowest BCUT2D eigenvalue weighted by Crippen LogP contribution is -2.27. The number of hydrogen-bond acceptors (Lipinski definition) is 7. The Balaban J connectivity index is 1.95. The van der Waals surface area contributed by atoms with Gasteiger partial charge in [0, 0.05) is 23.5 Å². The summed E-state index contributed by atoms with van der Waals surface area (Å²) in [5.41, 5.74) is 6.20. The lowest BCUT2D eigenvalue weighted by molar-refractivity contribution is -0.155. The van der Waals surface area contributed by atoms with E-state index in [1.807, 2.05) is 0 Å². The van der Waals surface area contributed by atoms with Gasteiger partial charge in [-0.3, -0.25) is 19.3 Å². The number of benzene rings is 1. The number of rotatable bonds is 5. The highest BCUT2D eigenvalue weighted by Gasteiger charge is 2.20. The fraction of sp³-hybridized carbons (Fsp3) is 0.278. The maximum absolute atomic E-state index is 12.1. The normalized spacial score (nSPS) is 11.4. The first-order valence-electron chi connectivity index (χ1n) is 8.28. The van der Waals surface area contributed by atoms with E-state index in [4.69, 9.17) is 10.5 Å². The van der Waals surface area contributed by atoms with Gasteiger partial charge in [0.05, 0.1) is 11.7 Å². The molecule has 0 fully saturated rings. The van der Waals surface area contributed by atoms with E-state index in [9.17, 15) is 9.59 Å². The van der Waals surface area contributed by atoms with Crippen LogP contribution in [0.5, 0.6) is 0 Å². The molecule has 2 aromatic heterocycles. The fourth-order valence-corrected chi connectivity index (χ4v) is 2.57. The average molecular weight is 368 g/mol. The Morgan fingerprint density at radius 3 is 2.67 bits per heavy atom. The lowest BCUT2D eigenvalue weighted by Gasteiger charge is -2.19. The second kappa shape index (κ2) is 7.02. The highest BCUT2D eigenvalue weighted by atomic mass is 16.6. The number of esters is 1. The monoisotopic (exact) mass is 368 g/mol. The molecule has 2 heterocycles. The van der Waals surface area contributed by atoms with Crippen molar-refractivity contribution < 1.29 is 14.3 Å². The summed E-state index contributed by atoms with van der Waals surface area (Å²) >= 11 is 0. The van der Waals surface area contributed by atoms with E-state index in [2.05, 4.69) is 20.4 Å². The minimum Gasteiger partial charge on any atom is -0.459 e. The van der Waals surface area contributed by atoms with E-state index < -0.39 is 17.5 Å². The first kappa shape index (κ1) is 18.3. The van der Waals surface area contributed by atoms with Crippen LogP contribution in [0.1, 0.15) is 31.3 Å². The first-order valence-corrected chi connectivity index (χ1v) is 8.28. The molecule has 140 valence electrons. The van der Waals surface area contributed by atoms with E-state index in [1.165, 1.54) is 4.68 Å². The molecule has 3 aromatic rings. The quantitative estimate of drug-likeness (QED) is 0.660. The largest absolute Gasteiger partial charge is 0.459 e. The van der Waals surface area contributed by atoms with Gasteiger partial charge in [-0.2, -0.15) is 5.10 Å². The Bertz CT molecular complexity index is 991. The van der Waals surface area contributed by atoms with Crippen LogP contribution in [0.3, 0.4) is 0 Å². The molecule has 27 heavy (non-hydrogen) atoms. The van der Waals surface area contributed by atoms with E-state index in [0.29, 0.717) is 22.4 Å². The summed E-state index contributed by atoms with van der Waals surface area (Å²) in [5.74, 6) is -0.581. The van der Waals surface area contributed by atoms with Crippen molar-refractivity contribution in [1.82, 2.24) is 19.7 Å². The molecule has 9 nitrogen and oxygen atoms in total. The SMILES string of the molecule is CC(C)(C)OC(=O)Cn1nc(C(N)=O)c2cc(Nc3cnccn3)ccc21. The van der Waals surface area contributed by atoms with Gasteiger partial charge in [-0.1, -0.05) is 0 Å². The van der Waals surface area contributed by atoms with Gasteiger partial charge in [0.2, 0.25) is 0 Å². The molecule has 0 radical (unpaired) electrons. The van der Waals surface area contributed by atoms with Gasteiger partial charge in [0.25, 0.3) is 5.91 Å². The molecule has 3 rings (SSSR count). The molecule has 0 aliphatic rings. The number of nitrogens with two attached hydrogens (primary N) is 1. The molecule has 1 aromatic carbocycles. The zero-order chi connectivity index (χ0) is 19.6. The molecule has 0 saturated heterocycles. The number of ether oxygens (including phenoxy) is 1. The predicted molar refractivity (Wildman–Crippen MR) is 99.4 cm³/mol. The molecule has 9 heteroatoms. The number of fused-ring (bicyclic) bond motifs is 1. The van der Waals surface area contributed by atoms with E-state index in [1.54, 1.807) is 57.6 Å². The number of amides is 1. The average Bonchev–Trinajstić information content (AvgIpc) is 2.92. The minimum atomic E-state index is -0.681. The predicted octanol–water partition coefficient (Wildman–Crippen LogP) is 2.01. The number of primary amides is 1. The van der Waals surface area contributed by atoms with Gasteiger partial charge in [-0.05, 0) is 39.0 Å².